The molecule has 0 atom stereocenters. The molecule has 0 bridgehead atoms. The highest BCUT2D eigenvalue weighted by molar-refractivity contribution is 6.30. The standard InChI is InChI=1S/C20H22ClNO2/c1-19(2,24-17-10-8-16(21)9-11-17)18(23)22-14-20(12-13-20)15-6-4-3-5-7-15/h3-11H,12-14H2,1-2H3,(H,22,23). The first-order valence-corrected chi connectivity index (χ1v) is 8.58. The van der Waals surface area contributed by atoms with Crippen molar-refractivity contribution in [3.63, 3.8) is 0 Å². The van der Waals surface area contributed by atoms with Crippen molar-refractivity contribution in [2.45, 2.75) is 37.7 Å². The van der Waals surface area contributed by atoms with Crippen LogP contribution in [-0.2, 0) is 10.2 Å². The zero-order valence-electron chi connectivity index (χ0n) is 14.0. The SMILES string of the molecule is CC(C)(Oc1ccc(Cl)cc1)C(=O)NCC1(c2ccccc2)CC1. The average molecular weight is 344 g/mol. The van der Waals surface area contributed by atoms with Gasteiger partial charge in [0.15, 0.2) is 5.60 Å². The highest BCUT2D eigenvalue weighted by Gasteiger charge is 2.45. The summed E-state index contributed by atoms with van der Waals surface area (Å²) in [5.41, 5.74) is 0.440. The van der Waals surface area contributed by atoms with Crippen LogP contribution in [0.15, 0.2) is 54.6 Å². The highest BCUT2D eigenvalue weighted by Crippen LogP contribution is 2.47. The lowest BCUT2D eigenvalue weighted by Gasteiger charge is -2.27. The van der Waals surface area contributed by atoms with Crippen molar-refractivity contribution in [3.05, 3.63) is 65.2 Å². The third-order valence-corrected chi connectivity index (χ3v) is 4.81. The molecule has 4 heteroatoms. The Bertz CT molecular complexity index is 706. The van der Waals surface area contributed by atoms with Gasteiger partial charge in [-0.15, -0.1) is 0 Å². The Labute approximate surface area is 148 Å². The minimum Gasteiger partial charge on any atom is -0.478 e. The van der Waals surface area contributed by atoms with Gasteiger partial charge in [0, 0.05) is 17.0 Å². The molecule has 1 amide bonds. The first-order chi connectivity index (χ1) is 11.4. The van der Waals surface area contributed by atoms with Crippen LogP contribution < -0.4 is 10.1 Å². The Balaban J connectivity index is 1.61. The molecule has 0 radical (unpaired) electrons. The summed E-state index contributed by atoms with van der Waals surface area (Å²) >= 11 is 5.88. The maximum absolute atomic E-state index is 12.6. The largest absolute Gasteiger partial charge is 0.478 e. The molecule has 2 aromatic rings. The van der Waals surface area contributed by atoms with E-state index in [1.54, 1.807) is 38.1 Å². The maximum atomic E-state index is 12.6. The van der Waals surface area contributed by atoms with E-state index in [2.05, 4.69) is 17.4 Å². The van der Waals surface area contributed by atoms with Gasteiger partial charge in [0.2, 0.25) is 0 Å². The molecule has 1 saturated carbocycles. The van der Waals surface area contributed by atoms with E-state index in [0.29, 0.717) is 17.3 Å². The van der Waals surface area contributed by atoms with Gasteiger partial charge in [-0.1, -0.05) is 41.9 Å². The second-order valence-electron chi connectivity index (χ2n) is 6.90. The van der Waals surface area contributed by atoms with Crippen LogP contribution in [0.2, 0.25) is 5.02 Å². The minimum atomic E-state index is -0.944. The van der Waals surface area contributed by atoms with E-state index in [4.69, 9.17) is 16.3 Å². The van der Waals surface area contributed by atoms with Crippen molar-refractivity contribution in [1.29, 1.82) is 0 Å². The molecular weight excluding hydrogens is 322 g/mol. The second kappa shape index (κ2) is 6.48. The summed E-state index contributed by atoms with van der Waals surface area (Å²) in [4.78, 5) is 12.6. The molecule has 1 aliphatic carbocycles. The fraction of sp³-hybridized carbons (Fsp3) is 0.350. The molecule has 1 fully saturated rings. The van der Waals surface area contributed by atoms with Gasteiger partial charge >= 0.3 is 0 Å². The Morgan fingerprint density at radius 3 is 2.33 bits per heavy atom. The number of carbonyl (C=O) groups is 1. The molecular formula is C20H22ClNO2. The summed E-state index contributed by atoms with van der Waals surface area (Å²) in [6, 6.07) is 17.4. The lowest BCUT2D eigenvalue weighted by atomic mass is 9.95. The van der Waals surface area contributed by atoms with Gasteiger partial charge < -0.3 is 10.1 Å². The molecule has 1 N–H and O–H groups in total. The van der Waals surface area contributed by atoms with Crippen LogP contribution in [0.3, 0.4) is 0 Å². The van der Waals surface area contributed by atoms with Gasteiger partial charge in [0.05, 0.1) is 0 Å². The molecule has 24 heavy (non-hydrogen) atoms. The summed E-state index contributed by atoms with van der Waals surface area (Å²) in [5.74, 6) is 0.517. The summed E-state index contributed by atoms with van der Waals surface area (Å²) in [7, 11) is 0. The quantitative estimate of drug-likeness (QED) is 0.847. The number of nitrogens with one attached hydrogen (secondary N) is 1. The number of ether oxygens (including phenoxy) is 1. The second-order valence-corrected chi connectivity index (χ2v) is 7.33. The Kier molecular flexibility index (Phi) is 4.55. The molecule has 0 saturated heterocycles. The van der Waals surface area contributed by atoms with E-state index in [9.17, 15) is 4.79 Å². The first-order valence-electron chi connectivity index (χ1n) is 8.20. The number of amides is 1. The summed E-state index contributed by atoms with van der Waals surface area (Å²) in [6.45, 7) is 4.20. The smallest absolute Gasteiger partial charge is 0.263 e. The van der Waals surface area contributed by atoms with Gasteiger partial charge in [-0.25, -0.2) is 0 Å². The lowest BCUT2D eigenvalue weighted by Crippen LogP contribution is -2.48. The van der Waals surface area contributed by atoms with Crippen LogP contribution >= 0.6 is 11.6 Å². The zero-order chi connectivity index (χ0) is 17.2. The van der Waals surface area contributed by atoms with Crippen LogP contribution in [0.4, 0.5) is 0 Å². The first kappa shape index (κ1) is 16.8. The summed E-state index contributed by atoms with van der Waals surface area (Å²) in [6.07, 6.45) is 2.21. The predicted molar refractivity (Wildman–Crippen MR) is 96.5 cm³/mol. The number of hydrogen-bond acceptors (Lipinski definition) is 2. The van der Waals surface area contributed by atoms with Crippen molar-refractivity contribution in [2.24, 2.45) is 0 Å². The maximum Gasteiger partial charge on any atom is 0.263 e. The van der Waals surface area contributed by atoms with Crippen molar-refractivity contribution in [2.75, 3.05) is 6.54 Å². The van der Waals surface area contributed by atoms with E-state index in [1.165, 1.54) is 5.56 Å². The van der Waals surface area contributed by atoms with Crippen LogP contribution in [0, 0.1) is 0 Å². The fourth-order valence-electron chi connectivity index (χ4n) is 2.82. The molecule has 0 aromatic heterocycles. The minimum absolute atomic E-state index is 0.0905. The predicted octanol–water partition coefficient (Wildman–Crippen LogP) is 4.35. The van der Waals surface area contributed by atoms with E-state index >= 15 is 0 Å². The Hall–Kier alpha value is -2.00. The average Bonchev–Trinajstić information content (AvgIpc) is 3.36. The third kappa shape index (κ3) is 3.73. The summed E-state index contributed by atoms with van der Waals surface area (Å²) in [5, 5.41) is 3.71. The zero-order valence-corrected chi connectivity index (χ0v) is 14.8. The van der Waals surface area contributed by atoms with Crippen molar-refractivity contribution < 1.29 is 9.53 Å². The molecule has 0 unspecified atom stereocenters. The highest BCUT2D eigenvalue weighted by atomic mass is 35.5. The van der Waals surface area contributed by atoms with E-state index in [-0.39, 0.29) is 11.3 Å². The van der Waals surface area contributed by atoms with Crippen LogP contribution in [0.5, 0.6) is 5.75 Å². The number of benzene rings is 2. The van der Waals surface area contributed by atoms with Gasteiger partial charge in [-0.3, -0.25) is 4.79 Å². The monoisotopic (exact) mass is 343 g/mol. The molecule has 3 nitrogen and oxygen atoms in total. The van der Waals surface area contributed by atoms with Crippen LogP contribution in [-0.4, -0.2) is 18.1 Å². The van der Waals surface area contributed by atoms with Crippen molar-refractivity contribution in [3.8, 4) is 5.75 Å². The molecule has 0 spiro atoms. The van der Waals surface area contributed by atoms with Gasteiger partial charge in [-0.05, 0) is 56.5 Å². The lowest BCUT2D eigenvalue weighted by molar-refractivity contribution is -0.134. The molecule has 3 rings (SSSR count). The summed E-state index contributed by atoms with van der Waals surface area (Å²) < 4.78 is 5.84. The number of hydrogen-bond donors (Lipinski definition) is 1. The van der Waals surface area contributed by atoms with Gasteiger partial charge in [0.25, 0.3) is 5.91 Å². The molecule has 2 aromatic carbocycles. The fourth-order valence-corrected chi connectivity index (χ4v) is 2.94. The molecule has 0 aliphatic heterocycles. The van der Waals surface area contributed by atoms with Crippen molar-refractivity contribution in [1.82, 2.24) is 5.32 Å². The van der Waals surface area contributed by atoms with Crippen LogP contribution in [0.25, 0.3) is 0 Å². The van der Waals surface area contributed by atoms with E-state index in [0.717, 1.165) is 12.8 Å². The number of carbonyl (C=O) groups excluding carboxylic acids is 1. The third-order valence-electron chi connectivity index (χ3n) is 4.56. The van der Waals surface area contributed by atoms with Crippen LogP contribution in [0.1, 0.15) is 32.3 Å². The van der Waals surface area contributed by atoms with Gasteiger partial charge in [-0.2, -0.15) is 0 Å². The van der Waals surface area contributed by atoms with E-state index < -0.39 is 5.60 Å². The Morgan fingerprint density at radius 2 is 1.75 bits per heavy atom. The Morgan fingerprint density at radius 1 is 1.12 bits per heavy atom. The molecule has 1 aliphatic rings. The number of halogens is 1. The molecule has 0 heterocycles. The normalized spacial score (nSPS) is 15.6. The van der Waals surface area contributed by atoms with Gasteiger partial charge in [0.1, 0.15) is 5.75 Å². The van der Waals surface area contributed by atoms with Crippen molar-refractivity contribution >= 4 is 17.5 Å². The number of rotatable bonds is 6. The topological polar surface area (TPSA) is 38.3 Å². The van der Waals surface area contributed by atoms with E-state index in [1.807, 2.05) is 18.2 Å². The molecule has 126 valence electrons.